The fraction of sp³-hybridized carbons (Fsp3) is 0.269. The monoisotopic (exact) mass is 484 g/mol. The summed E-state index contributed by atoms with van der Waals surface area (Å²) in [6.45, 7) is 2.13. The Kier molecular flexibility index (Phi) is 6.05. The van der Waals surface area contributed by atoms with E-state index in [0.717, 1.165) is 31.2 Å². The van der Waals surface area contributed by atoms with Crippen molar-refractivity contribution in [3.05, 3.63) is 74.8 Å². The summed E-state index contributed by atoms with van der Waals surface area (Å²) in [5.74, 6) is 0.456. The second-order valence-corrected chi connectivity index (χ2v) is 9.83. The van der Waals surface area contributed by atoms with Gasteiger partial charge in [0.05, 0.1) is 35.3 Å². The third kappa shape index (κ3) is 4.53. The molecule has 0 atom stereocenters. The predicted molar refractivity (Wildman–Crippen MR) is 136 cm³/mol. The van der Waals surface area contributed by atoms with E-state index in [-0.39, 0.29) is 17.5 Å². The lowest BCUT2D eigenvalue weighted by molar-refractivity contribution is 0.0942. The number of hydrogen-bond donors (Lipinski definition) is 2. The van der Waals surface area contributed by atoms with Gasteiger partial charge in [-0.25, -0.2) is 9.97 Å². The number of aromatic nitrogens is 3. The molecule has 3 N–H and O–H groups in total. The van der Waals surface area contributed by atoms with Gasteiger partial charge in [-0.05, 0) is 49.6 Å². The molecule has 8 nitrogen and oxygen atoms in total. The summed E-state index contributed by atoms with van der Waals surface area (Å²) in [5, 5.41) is 13.1. The number of benzene rings is 2. The summed E-state index contributed by atoms with van der Waals surface area (Å²) in [6, 6.07) is 12.8. The Morgan fingerprint density at radius 2 is 2.00 bits per heavy atom. The summed E-state index contributed by atoms with van der Waals surface area (Å²) in [5.41, 5.74) is 9.19. The smallest absolute Gasteiger partial charge is 0.263 e. The van der Waals surface area contributed by atoms with E-state index >= 15 is 0 Å². The summed E-state index contributed by atoms with van der Waals surface area (Å²) in [7, 11) is 0. The van der Waals surface area contributed by atoms with Crippen molar-refractivity contribution in [3.8, 4) is 16.6 Å². The van der Waals surface area contributed by atoms with Crippen LogP contribution in [-0.4, -0.2) is 26.5 Å². The summed E-state index contributed by atoms with van der Waals surface area (Å²) in [6.07, 6.45) is 5.90. The number of amides is 1. The van der Waals surface area contributed by atoms with E-state index in [1.807, 2.05) is 12.1 Å². The van der Waals surface area contributed by atoms with Gasteiger partial charge in [0.2, 0.25) is 0 Å². The lowest BCUT2D eigenvalue weighted by Gasteiger charge is -2.12. The summed E-state index contributed by atoms with van der Waals surface area (Å²) >= 11 is 1.28. The Hall–Kier alpha value is -4.03. The largest absolute Gasteiger partial charge is 0.398 e. The van der Waals surface area contributed by atoms with Crippen LogP contribution in [0.4, 0.5) is 5.69 Å². The van der Waals surface area contributed by atoms with Crippen LogP contribution in [0, 0.1) is 18.3 Å². The van der Waals surface area contributed by atoms with Gasteiger partial charge in [-0.3, -0.25) is 14.2 Å². The van der Waals surface area contributed by atoms with Crippen molar-refractivity contribution < 1.29 is 4.79 Å². The van der Waals surface area contributed by atoms with Crippen LogP contribution in [-0.2, 0) is 6.54 Å². The molecule has 0 radical (unpaired) electrons. The van der Waals surface area contributed by atoms with E-state index in [9.17, 15) is 9.59 Å². The van der Waals surface area contributed by atoms with Crippen LogP contribution in [0.2, 0.25) is 0 Å². The number of fused-ring (bicyclic) bond motifs is 1. The Bertz CT molecular complexity index is 1520. The van der Waals surface area contributed by atoms with Gasteiger partial charge in [-0.15, -0.1) is 11.3 Å². The molecule has 0 saturated heterocycles. The second kappa shape index (κ2) is 9.31. The first-order valence-electron chi connectivity index (χ1n) is 11.5. The third-order valence-electron chi connectivity index (χ3n) is 6.39. The highest BCUT2D eigenvalue weighted by Gasteiger charge is 2.21. The Morgan fingerprint density at radius 3 is 2.71 bits per heavy atom. The molecular weight excluding hydrogens is 460 g/mol. The van der Waals surface area contributed by atoms with Gasteiger partial charge < -0.3 is 11.1 Å². The first kappa shape index (κ1) is 22.7. The molecule has 9 heteroatoms. The van der Waals surface area contributed by atoms with E-state index in [1.54, 1.807) is 42.0 Å². The van der Waals surface area contributed by atoms with Gasteiger partial charge in [0.25, 0.3) is 11.5 Å². The van der Waals surface area contributed by atoms with Crippen LogP contribution in [0.15, 0.2) is 47.4 Å². The molecule has 1 aliphatic carbocycles. The number of nitrogens with two attached hydrogens (primary N) is 1. The average molecular weight is 485 g/mol. The number of thiazole rings is 1. The zero-order chi connectivity index (χ0) is 24.5. The fourth-order valence-electron chi connectivity index (χ4n) is 4.46. The molecule has 1 aliphatic rings. The van der Waals surface area contributed by atoms with Crippen molar-refractivity contribution in [2.24, 2.45) is 0 Å². The molecule has 2 heterocycles. The van der Waals surface area contributed by atoms with E-state index in [4.69, 9.17) is 11.0 Å². The van der Waals surface area contributed by atoms with Gasteiger partial charge in [0.15, 0.2) is 0 Å². The molecule has 5 rings (SSSR count). The molecular formula is C26H24N6O2S. The molecule has 1 fully saturated rings. The van der Waals surface area contributed by atoms with Gasteiger partial charge in [0.1, 0.15) is 15.7 Å². The molecule has 35 heavy (non-hydrogen) atoms. The highest BCUT2D eigenvalue weighted by Crippen LogP contribution is 2.32. The maximum absolute atomic E-state index is 13.3. The van der Waals surface area contributed by atoms with E-state index in [0.29, 0.717) is 50.0 Å². The number of carbonyl (C=O) groups is 1. The van der Waals surface area contributed by atoms with Crippen molar-refractivity contribution in [1.29, 1.82) is 5.26 Å². The minimum Gasteiger partial charge on any atom is -0.398 e. The van der Waals surface area contributed by atoms with Crippen molar-refractivity contribution in [1.82, 2.24) is 19.9 Å². The van der Waals surface area contributed by atoms with Crippen LogP contribution in [0.5, 0.6) is 0 Å². The topological polar surface area (TPSA) is 127 Å². The molecule has 2 aromatic heterocycles. The standard InChI is InChI=1S/C26H24N6O2S/c1-15-30-22-11-19(25-29-13-23(35-25)24(33)31-18-4-2-3-5-18)21(28)10-20(22)26(34)32(15)14-17-8-6-16(12-27)7-9-17/h6-11,13,18H,2-5,14,28H2,1H3,(H,31,33). The maximum Gasteiger partial charge on any atom is 0.263 e. The summed E-state index contributed by atoms with van der Waals surface area (Å²) < 4.78 is 1.59. The van der Waals surface area contributed by atoms with Crippen LogP contribution >= 0.6 is 11.3 Å². The zero-order valence-electron chi connectivity index (χ0n) is 19.2. The molecule has 1 amide bonds. The summed E-state index contributed by atoms with van der Waals surface area (Å²) in [4.78, 5) is 35.5. The fourth-order valence-corrected chi connectivity index (χ4v) is 5.32. The number of nitrogen functional groups attached to an aromatic ring is 1. The highest BCUT2D eigenvalue weighted by atomic mass is 32.1. The number of aryl methyl sites for hydroxylation is 1. The minimum atomic E-state index is -0.189. The van der Waals surface area contributed by atoms with Gasteiger partial charge in [-0.2, -0.15) is 5.26 Å². The average Bonchev–Trinajstić information content (AvgIpc) is 3.55. The van der Waals surface area contributed by atoms with Crippen LogP contribution in [0.3, 0.4) is 0 Å². The van der Waals surface area contributed by atoms with Crippen molar-refractivity contribution in [2.75, 3.05) is 5.73 Å². The van der Waals surface area contributed by atoms with Crippen molar-refractivity contribution in [3.63, 3.8) is 0 Å². The number of carbonyl (C=O) groups excluding carboxylic acids is 1. The van der Waals surface area contributed by atoms with E-state index in [2.05, 4.69) is 21.4 Å². The van der Waals surface area contributed by atoms with Crippen LogP contribution < -0.4 is 16.6 Å². The zero-order valence-corrected chi connectivity index (χ0v) is 20.1. The quantitative estimate of drug-likeness (QED) is 0.412. The molecule has 2 aromatic carbocycles. The normalized spacial score (nSPS) is 13.7. The first-order chi connectivity index (χ1) is 16.9. The molecule has 1 saturated carbocycles. The molecule has 0 bridgehead atoms. The Balaban J connectivity index is 1.45. The SMILES string of the molecule is Cc1nc2cc(-c3ncc(C(=O)NC4CCCC4)s3)c(N)cc2c(=O)n1Cc1ccc(C#N)cc1. The number of nitrogens with zero attached hydrogens (tertiary/aromatic N) is 4. The van der Waals surface area contributed by atoms with E-state index in [1.165, 1.54) is 11.3 Å². The minimum absolute atomic E-state index is 0.111. The Morgan fingerprint density at radius 1 is 1.26 bits per heavy atom. The van der Waals surface area contributed by atoms with Crippen LogP contribution in [0.25, 0.3) is 21.5 Å². The third-order valence-corrected chi connectivity index (χ3v) is 7.42. The second-order valence-electron chi connectivity index (χ2n) is 8.80. The molecule has 0 unspecified atom stereocenters. The lowest BCUT2D eigenvalue weighted by atomic mass is 10.1. The number of nitrogens with one attached hydrogen (secondary N) is 1. The lowest BCUT2D eigenvalue weighted by Crippen LogP contribution is -2.31. The number of nitriles is 1. The molecule has 0 spiro atoms. The van der Waals surface area contributed by atoms with Gasteiger partial charge in [0, 0.05) is 17.3 Å². The number of rotatable bonds is 5. The number of anilines is 1. The number of hydrogen-bond acceptors (Lipinski definition) is 7. The highest BCUT2D eigenvalue weighted by molar-refractivity contribution is 7.17. The predicted octanol–water partition coefficient (Wildman–Crippen LogP) is 4.00. The molecule has 4 aromatic rings. The Labute approximate surface area is 206 Å². The molecule has 0 aliphatic heterocycles. The first-order valence-corrected chi connectivity index (χ1v) is 12.3. The van der Waals surface area contributed by atoms with Crippen molar-refractivity contribution >= 4 is 33.8 Å². The van der Waals surface area contributed by atoms with Gasteiger partial charge >= 0.3 is 0 Å². The van der Waals surface area contributed by atoms with Crippen LogP contribution in [0.1, 0.15) is 52.3 Å². The van der Waals surface area contributed by atoms with Gasteiger partial charge in [-0.1, -0.05) is 25.0 Å². The molecule has 176 valence electrons. The maximum atomic E-state index is 13.3. The van der Waals surface area contributed by atoms with Crippen molar-refractivity contribution in [2.45, 2.75) is 45.2 Å². The van der Waals surface area contributed by atoms with E-state index < -0.39 is 0 Å².